The lowest BCUT2D eigenvalue weighted by atomic mass is 10.1. The van der Waals surface area contributed by atoms with Gasteiger partial charge in [-0.05, 0) is 0 Å². The third-order valence-corrected chi connectivity index (χ3v) is 1.99. The van der Waals surface area contributed by atoms with Gasteiger partial charge in [0.25, 0.3) is 0 Å². The second-order valence-electron chi connectivity index (χ2n) is 3.34. The Bertz CT molecular complexity index is 408. The highest BCUT2D eigenvalue weighted by Gasteiger charge is 2.29. The average molecular weight is 244 g/mol. The quantitative estimate of drug-likeness (QED) is 0.461. The Balaban J connectivity index is 2.82. The van der Waals surface area contributed by atoms with Gasteiger partial charge in [-0.1, -0.05) is 30.3 Å². The molecule has 0 bridgehead atoms. The minimum Gasteiger partial charge on any atom is -0.501 e. The van der Waals surface area contributed by atoms with Gasteiger partial charge in [0.2, 0.25) is 0 Å². The molecule has 0 unspecified atom stereocenters. The zero-order valence-electron chi connectivity index (χ0n) is 9.12. The predicted molar refractivity (Wildman–Crippen MR) is 56.5 cm³/mol. The summed E-state index contributed by atoms with van der Waals surface area (Å²) < 4.78 is 40.9. The zero-order valence-corrected chi connectivity index (χ0v) is 9.12. The van der Waals surface area contributed by atoms with Crippen LogP contribution in [0.3, 0.4) is 0 Å². The van der Waals surface area contributed by atoms with Gasteiger partial charge in [0.05, 0.1) is 7.11 Å². The van der Waals surface area contributed by atoms with Crippen LogP contribution in [0.4, 0.5) is 13.2 Å². The summed E-state index contributed by atoms with van der Waals surface area (Å²) in [6, 6.07) is 8.04. The molecule has 0 aliphatic rings. The molecule has 0 aromatic heterocycles. The van der Waals surface area contributed by atoms with Gasteiger partial charge in [-0.15, -0.1) is 0 Å². The SMILES string of the molecule is CO/C(=C\C(=O)c1ccccc1)CC(F)(F)F. The zero-order chi connectivity index (χ0) is 12.9. The van der Waals surface area contributed by atoms with E-state index in [9.17, 15) is 18.0 Å². The minimum absolute atomic E-state index is 0.323. The number of carbonyl (C=O) groups excluding carboxylic acids is 1. The average Bonchev–Trinajstić information content (AvgIpc) is 2.27. The first-order valence-electron chi connectivity index (χ1n) is 4.83. The van der Waals surface area contributed by atoms with E-state index >= 15 is 0 Å². The van der Waals surface area contributed by atoms with Gasteiger partial charge < -0.3 is 4.74 Å². The Morgan fingerprint density at radius 1 is 1.29 bits per heavy atom. The van der Waals surface area contributed by atoms with Crippen LogP contribution in [0, 0.1) is 0 Å². The molecule has 1 aromatic rings. The van der Waals surface area contributed by atoms with Crippen LogP contribution in [0.25, 0.3) is 0 Å². The van der Waals surface area contributed by atoms with Crippen molar-refractivity contribution in [1.29, 1.82) is 0 Å². The van der Waals surface area contributed by atoms with E-state index in [4.69, 9.17) is 0 Å². The van der Waals surface area contributed by atoms with Gasteiger partial charge in [-0.2, -0.15) is 13.2 Å². The monoisotopic (exact) mass is 244 g/mol. The lowest BCUT2D eigenvalue weighted by molar-refractivity contribution is -0.133. The summed E-state index contributed by atoms with van der Waals surface area (Å²) in [6.07, 6.45) is -4.77. The molecule has 0 saturated carbocycles. The molecule has 2 nitrogen and oxygen atoms in total. The Labute approximate surface area is 96.7 Å². The first kappa shape index (κ1) is 13.3. The molecule has 5 heteroatoms. The van der Waals surface area contributed by atoms with Crippen molar-refractivity contribution in [2.45, 2.75) is 12.6 Å². The van der Waals surface area contributed by atoms with Crippen LogP contribution < -0.4 is 0 Å². The molecule has 0 spiro atoms. The number of rotatable bonds is 4. The number of allylic oxidation sites excluding steroid dienone is 2. The highest BCUT2D eigenvalue weighted by molar-refractivity contribution is 6.04. The Kier molecular flexibility index (Phi) is 4.31. The van der Waals surface area contributed by atoms with Gasteiger partial charge >= 0.3 is 6.18 Å². The summed E-state index contributed by atoms with van der Waals surface area (Å²) >= 11 is 0. The van der Waals surface area contributed by atoms with Crippen molar-refractivity contribution in [3.05, 3.63) is 47.7 Å². The van der Waals surface area contributed by atoms with Gasteiger partial charge in [-0.3, -0.25) is 4.79 Å². The van der Waals surface area contributed by atoms with E-state index in [1.807, 2.05) is 0 Å². The second kappa shape index (κ2) is 5.52. The summed E-state index contributed by atoms with van der Waals surface area (Å²) in [4.78, 5) is 11.6. The van der Waals surface area contributed by atoms with E-state index in [1.54, 1.807) is 18.2 Å². The third kappa shape index (κ3) is 4.72. The molecule has 0 radical (unpaired) electrons. The maximum Gasteiger partial charge on any atom is 0.396 e. The van der Waals surface area contributed by atoms with Gasteiger partial charge in [0.1, 0.15) is 12.2 Å². The van der Waals surface area contributed by atoms with E-state index in [0.29, 0.717) is 5.56 Å². The maximum atomic E-state index is 12.1. The minimum atomic E-state index is -4.39. The summed E-state index contributed by atoms with van der Waals surface area (Å²) in [5.41, 5.74) is 0.323. The molecule has 0 saturated heterocycles. The van der Waals surface area contributed by atoms with Crippen LogP contribution in [0.2, 0.25) is 0 Å². The first-order chi connectivity index (χ1) is 7.92. The number of ketones is 1. The molecule has 0 heterocycles. The molecule has 1 aromatic carbocycles. The molecule has 0 atom stereocenters. The van der Waals surface area contributed by atoms with Crippen molar-refractivity contribution in [1.82, 2.24) is 0 Å². The molecule has 0 aliphatic heterocycles. The maximum absolute atomic E-state index is 12.1. The summed E-state index contributed by atoms with van der Waals surface area (Å²) in [5, 5.41) is 0. The summed E-state index contributed by atoms with van der Waals surface area (Å²) in [5.74, 6) is -0.905. The standard InChI is InChI=1S/C12H11F3O2/c1-17-10(8-12(13,14)15)7-11(16)9-5-3-2-4-6-9/h2-7H,8H2,1H3/b10-7-. The van der Waals surface area contributed by atoms with E-state index < -0.39 is 24.1 Å². The largest absolute Gasteiger partial charge is 0.501 e. The molecule has 0 fully saturated rings. The topological polar surface area (TPSA) is 26.3 Å². The van der Waals surface area contributed by atoms with Crippen molar-refractivity contribution in [2.75, 3.05) is 7.11 Å². The number of halogens is 3. The summed E-state index contributed by atoms with van der Waals surface area (Å²) in [6.45, 7) is 0. The van der Waals surface area contributed by atoms with E-state index in [0.717, 1.165) is 13.2 Å². The van der Waals surface area contributed by atoms with Crippen LogP contribution in [0.15, 0.2) is 42.2 Å². The van der Waals surface area contributed by atoms with Gasteiger partial charge in [-0.25, -0.2) is 0 Å². The highest BCUT2D eigenvalue weighted by Crippen LogP contribution is 2.24. The molecular formula is C12H11F3O2. The highest BCUT2D eigenvalue weighted by atomic mass is 19.4. The van der Waals surface area contributed by atoms with Crippen molar-refractivity contribution in [3.63, 3.8) is 0 Å². The second-order valence-corrected chi connectivity index (χ2v) is 3.34. The molecule has 0 aliphatic carbocycles. The first-order valence-corrected chi connectivity index (χ1v) is 4.83. The molecule has 92 valence electrons. The third-order valence-electron chi connectivity index (χ3n) is 1.99. The number of benzene rings is 1. The molecular weight excluding hydrogens is 233 g/mol. The fourth-order valence-corrected chi connectivity index (χ4v) is 1.21. The Morgan fingerprint density at radius 2 is 1.88 bits per heavy atom. The van der Waals surface area contributed by atoms with Crippen LogP contribution in [0.5, 0.6) is 0 Å². The van der Waals surface area contributed by atoms with E-state index in [-0.39, 0.29) is 0 Å². The van der Waals surface area contributed by atoms with E-state index in [2.05, 4.69) is 4.74 Å². The molecule has 1 rings (SSSR count). The normalized spacial score (nSPS) is 12.4. The predicted octanol–water partition coefficient (Wildman–Crippen LogP) is 3.35. The molecule has 17 heavy (non-hydrogen) atoms. The number of carbonyl (C=O) groups is 1. The fraction of sp³-hybridized carbons (Fsp3) is 0.250. The fourth-order valence-electron chi connectivity index (χ4n) is 1.21. The lowest BCUT2D eigenvalue weighted by Gasteiger charge is -2.08. The number of ether oxygens (including phenoxy) is 1. The number of methoxy groups -OCH3 is 1. The number of hydrogen-bond acceptors (Lipinski definition) is 2. The number of alkyl halides is 3. The van der Waals surface area contributed by atoms with Crippen LogP contribution in [-0.2, 0) is 4.74 Å². The van der Waals surface area contributed by atoms with Crippen LogP contribution in [-0.4, -0.2) is 19.1 Å². The smallest absolute Gasteiger partial charge is 0.396 e. The van der Waals surface area contributed by atoms with Crippen LogP contribution >= 0.6 is 0 Å². The molecule has 0 amide bonds. The summed E-state index contributed by atoms with van der Waals surface area (Å²) in [7, 11) is 1.11. The Hall–Kier alpha value is -1.78. The van der Waals surface area contributed by atoms with Crippen molar-refractivity contribution >= 4 is 5.78 Å². The molecule has 0 N–H and O–H groups in total. The van der Waals surface area contributed by atoms with Crippen molar-refractivity contribution in [3.8, 4) is 0 Å². The van der Waals surface area contributed by atoms with Gasteiger partial charge in [0.15, 0.2) is 5.78 Å². The Morgan fingerprint density at radius 3 is 2.35 bits per heavy atom. The van der Waals surface area contributed by atoms with Gasteiger partial charge in [0, 0.05) is 11.6 Å². The van der Waals surface area contributed by atoms with Crippen molar-refractivity contribution < 1.29 is 22.7 Å². The number of hydrogen-bond donors (Lipinski definition) is 0. The van der Waals surface area contributed by atoms with Crippen LogP contribution in [0.1, 0.15) is 16.8 Å². The van der Waals surface area contributed by atoms with E-state index in [1.165, 1.54) is 12.1 Å². The lowest BCUT2D eigenvalue weighted by Crippen LogP contribution is -2.10. The van der Waals surface area contributed by atoms with Crippen molar-refractivity contribution in [2.24, 2.45) is 0 Å².